The normalized spacial score (nSPS) is 20.0. The molecule has 2 aliphatic carbocycles. The van der Waals surface area contributed by atoms with E-state index in [2.05, 4.69) is 5.32 Å². The molecule has 3 rings (SSSR count). The molecule has 0 spiro atoms. The number of nitrogens with zero attached hydrogens (tertiary/aromatic N) is 1. The van der Waals surface area contributed by atoms with Crippen molar-refractivity contribution in [3.05, 3.63) is 22.9 Å². The maximum Gasteiger partial charge on any atom is 0.252 e. The minimum atomic E-state index is -0.413. The summed E-state index contributed by atoms with van der Waals surface area (Å²) in [6, 6.07) is 1.94. The highest BCUT2D eigenvalue weighted by Crippen LogP contribution is 2.34. The zero-order valence-corrected chi connectivity index (χ0v) is 12.5. The predicted octanol–water partition coefficient (Wildman–Crippen LogP) is 1.74. The minimum Gasteiger partial charge on any atom is -0.365 e. The molecule has 114 valence electrons. The Morgan fingerprint density at radius 2 is 1.95 bits per heavy atom. The number of hydrogen-bond acceptors (Lipinski definition) is 4. The van der Waals surface area contributed by atoms with Gasteiger partial charge >= 0.3 is 0 Å². The van der Waals surface area contributed by atoms with Crippen molar-refractivity contribution in [1.82, 2.24) is 4.98 Å². The predicted molar refractivity (Wildman–Crippen MR) is 83.3 cm³/mol. The lowest BCUT2D eigenvalue weighted by Gasteiger charge is -2.31. The quantitative estimate of drug-likeness (QED) is 0.786. The van der Waals surface area contributed by atoms with Gasteiger partial charge in [0.15, 0.2) is 0 Å². The number of primary amides is 1. The van der Waals surface area contributed by atoms with E-state index in [-0.39, 0.29) is 5.54 Å². The van der Waals surface area contributed by atoms with E-state index in [0.29, 0.717) is 17.9 Å². The number of nitrogens with one attached hydrogen (secondary N) is 1. The molecule has 1 saturated carbocycles. The molecule has 5 nitrogen and oxygen atoms in total. The molecule has 21 heavy (non-hydrogen) atoms. The number of amides is 1. The van der Waals surface area contributed by atoms with Crippen LogP contribution in [-0.4, -0.2) is 23.0 Å². The monoisotopic (exact) mass is 288 g/mol. The van der Waals surface area contributed by atoms with Gasteiger partial charge in [0.05, 0.1) is 11.1 Å². The van der Waals surface area contributed by atoms with E-state index < -0.39 is 5.91 Å². The summed E-state index contributed by atoms with van der Waals surface area (Å²) in [4.78, 5) is 16.5. The Balaban J connectivity index is 1.97. The number of pyridine rings is 1. The van der Waals surface area contributed by atoms with Gasteiger partial charge in [0, 0.05) is 12.2 Å². The number of nitrogens with two attached hydrogens (primary N) is 2. The van der Waals surface area contributed by atoms with Gasteiger partial charge in [-0.3, -0.25) is 4.79 Å². The molecule has 1 aromatic heterocycles. The highest BCUT2D eigenvalue weighted by atomic mass is 16.1. The average molecular weight is 288 g/mol. The molecular weight excluding hydrogens is 264 g/mol. The second-order valence-corrected chi connectivity index (χ2v) is 6.38. The van der Waals surface area contributed by atoms with Crippen molar-refractivity contribution in [2.75, 3.05) is 11.9 Å². The van der Waals surface area contributed by atoms with Crippen LogP contribution >= 0.6 is 0 Å². The molecule has 1 heterocycles. The third-order valence-electron chi connectivity index (χ3n) is 4.90. The van der Waals surface area contributed by atoms with Crippen LogP contribution in [0.2, 0.25) is 0 Å². The van der Waals surface area contributed by atoms with E-state index in [1.54, 1.807) is 0 Å². The summed E-state index contributed by atoms with van der Waals surface area (Å²) in [6.45, 7) is 0.559. The molecule has 0 atom stereocenters. The first-order valence-electron chi connectivity index (χ1n) is 7.94. The summed E-state index contributed by atoms with van der Waals surface area (Å²) in [5, 5.41) is 3.47. The molecule has 0 radical (unpaired) electrons. The van der Waals surface area contributed by atoms with E-state index in [4.69, 9.17) is 16.5 Å². The van der Waals surface area contributed by atoms with Crippen molar-refractivity contribution in [2.45, 2.75) is 56.9 Å². The smallest absolute Gasteiger partial charge is 0.252 e. The standard InChI is InChI=1S/C16H24N4O/c17-10-16(7-3-4-8-16)20-15-12(14(18)21)9-11-5-1-2-6-13(11)19-15/h9H,1-8,10,17H2,(H2,18,21)(H,19,20). The summed E-state index contributed by atoms with van der Waals surface area (Å²) in [5.41, 5.74) is 14.2. The fourth-order valence-electron chi connectivity index (χ4n) is 3.60. The molecule has 0 aliphatic heterocycles. The third kappa shape index (κ3) is 2.75. The largest absolute Gasteiger partial charge is 0.365 e. The van der Waals surface area contributed by atoms with Crippen LogP contribution in [0.3, 0.4) is 0 Å². The highest BCUT2D eigenvalue weighted by Gasteiger charge is 2.34. The maximum absolute atomic E-state index is 11.8. The van der Waals surface area contributed by atoms with E-state index in [1.807, 2.05) is 6.07 Å². The Labute approximate surface area is 125 Å². The minimum absolute atomic E-state index is 0.125. The number of hydrogen-bond donors (Lipinski definition) is 3. The summed E-state index contributed by atoms with van der Waals surface area (Å²) < 4.78 is 0. The lowest BCUT2D eigenvalue weighted by Crippen LogP contribution is -2.43. The molecule has 0 unspecified atom stereocenters. The Morgan fingerprint density at radius 1 is 1.24 bits per heavy atom. The van der Waals surface area contributed by atoms with Gasteiger partial charge in [-0.05, 0) is 50.2 Å². The van der Waals surface area contributed by atoms with Gasteiger partial charge in [0.2, 0.25) is 0 Å². The number of anilines is 1. The van der Waals surface area contributed by atoms with Crippen LogP contribution in [0.4, 0.5) is 5.82 Å². The van der Waals surface area contributed by atoms with Gasteiger partial charge in [-0.1, -0.05) is 12.8 Å². The van der Waals surface area contributed by atoms with Crippen LogP contribution in [0, 0.1) is 0 Å². The van der Waals surface area contributed by atoms with Gasteiger partial charge < -0.3 is 16.8 Å². The topological polar surface area (TPSA) is 94.0 Å². The first-order valence-corrected chi connectivity index (χ1v) is 7.94. The van der Waals surface area contributed by atoms with Crippen LogP contribution in [0.15, 0.2) is 6.07 Å². The van der Waals surface area contributed by atoms with Crippen molar-refractivity contribution < 1.29 is 4.79 Å². The fraction of sp³-hybridized carbons (Fsp3) is 0.625. The maximum atomic E-state index is 11.8. The van der Waals surface area contributed by atoms with Gasteiger partial charge in [-0.15, -0.1) is 0 Å². The molecule has 0 saturated heterocycles. The molecule has 1 amide bonds. The lowest BCUT2D eigenvalue weighted by atomic mass is 9.93. The summed E-state index contributed by atoms with van der Waals surface area (Å²) >= 11 is 0. The summed E-state index contributed by atoms with van der Waals surface area (Å²) in [6.07, 6.45) is 8.69. The molecule has 5 N–H and O–H groups in total. The SMILES string of the molecule is NCC1(Nc2nc3c(cc2C(N)=O)CCCC3)CCCC1. The lowest BCUT2D eigenvalue weighted by molar-refractivity contribution is 0.100. The fourth-order valence-corrected chi connectivity index (χ4v) is 3.60. The van der Waals surface area contributed by atoms with Crippen molar-refractivity contribution >= 4 is 11.7 Å². The molecule has 1 aromatic rings. The summed E-state index contributed by atoms with van der Waals surface area (Å²) in [5.74, 6) is 0.221. The second-order valence-electron chi connectivity index (χ2n) is 6.38. The van der Waals surface area contributed by atoms with Crippen molar-refractivity contribution in [3.63, 3.8) is 0 Å². The zero-order valence-electron chi connectivity index (χ0n) is 12.5. The number of fused-ring (bicyclic) bond motifs is 1. The number of aryl methyl sites for hydroxylation is 2. The molecule has 1 fully saturated rings. The van der Waals surface area contributed by atoms with Crippen molar-refractivity contribution in [2.24, 2.45) is 11.5 Å². The number of carbonyl (C=O) groups is 1. The van der Waals surface area contributed by atoms with Crippen LogP contribution in [0.1, 0.15) is 60.1 Å². The third-order valence-corrected chi connectivity index (χ3v) is 4.90. The van der Waals surface area contributed by atoms with E-state index in [9.17, 15) is 4.79 Å². The van der Waals surface area contributed by atoms with Gasteiger partial charge in [-0.25, -0.2) is 4.98 Å². The van der Waals surface area contributed by atoms with E-state index >= 15 is 0 Å². The molecule has 0 aromatic carbocycles. The van der Waals surface area contributed by atoms with Gasteiger partial charge in [0.1, 0.15) is 5.82 Å². The first-order chi connectivity index (χ1) is 10.1. The molecule has 0 bridgehead atoms. The number of rotatable bonds is 4. The number of aromatic nitrogens is 1. The Kier molecular flexibility index (Phi) is 3.85. The van der Waals surface area contributed by atoms with Crippen molar-refractivity contribution in [3.8, 4) is 0 Å². The van der Waals surface area contributed by atoms with Gasteiger partial charge in [-0.2, -0.15) is 0 Å². The molecule has 2 aliphatic rings. The van der Waals surface area contributed by atoms with Crippen LogP contribution in [-0.2, 0) is 12.8 Å². The van der Waals surface area contributed by atoms with Crippen LogP contribution in [0.25, 0.3) is 0 Å². The second kappa shape index (κ2) is 5.64. The molecular formula is C16H24N4O. The van der Waals surface area contributed by atoms with Gasteiger partial charge in [0.25, 0.3) is 5.91 Å². The summed E-state index contributed by atoms with van der Waals surface area (Å²) in [7, 11) is 0. The Hall–Kier alpha value is -1.62. The molecule has 5 heteroatoms. The zero-order chi connectivity index (χ0) is 14.9. The first kappa shape index (κ1) is 14.3. The Morgan fingerprint density at radius 3 is 2.62 bits per heavy atom. The van der Waals surface area contributed by atoms with Crippen LogP contribution < -0.4 is 16.8 Å². The van der Waals surface area contributed by atoms with Crippen LogP contribution in [0.5, 0.6) is 0 Å². The number of carbonyl (C=O) groups excluding carboxylic acids is 1. The van der Waals surface area contributed by atoms with E-state index in [0.717, 1.165) is 44.2 Å². The van der Waals surface area contributed by atoms with Crippen molar-refractivity contribution in [1.29, 1.82) is 0 Å². The average Bonchev–Trinajstić information content (AvgIpc) is 2.95. The Bertz CT molecular complexity index is 549. The highest BCUT2D eigenvalue weighted by molar-refractivity contribution is 5.98. The van der Waals surface area contributed by atoms with E-state index in [1.165, 1.54) is 18.4 Å².